The summed E-state index contributed by atoms with van der Waals surface area (Å²) in [6, 6.07) is 8.91. The van der Waals surface area contributed by atoms with E-state index in [2.05, 4.69) is 43.4 Å². The molecule has 0 aliphatic carbocycles. The fourth-order valence-corrected chi connectivity index (χ4v) is 2.04. The summed E-state index contributed by atoms with van der Waals surface area (Å²) in [7, 11) is 0. The van der Waals surface area contributed by atoms with Gasteiger partial charge in [-0.25, -0.2) is 0 Å². The van der Waals surface area contributed by atoms with E-state index in [0.717, 1.165) is 13.0 Å². The summed E-state index contributed by atoms with van der Waals surface area (Å²) in [6.07, 6.45) is 1.33. The normalized spacial score (nSPS) is 25.3. The molecule has 2 rings (SSSR count). The lowest BCUT2D eigenvalue weighted by Gasteiger charge is -2.31. The van der Waals surface area contributed by atoms with Crippen LogP contribution in [0.3, 0.4) is 0 Å². The average Bonchev–Trinajstić information content (AvgIpc) is 2.18. The SMILES string of the molecule is CCO[C@H]1C[C@@H](C)Nc2ccccc21. The van der Waals surface area contributed by atoms with Gasteiger partial charge in [0.25, 0.3) is 0 Å². The van der Waals surface area contributed by atoms with Gasteiger partial charge in [0.1, 0.15) is 0 Å². The second-order valence-electron chi connectivity index (χ2n) is 3.81. The number of hydrogen-bond acceptors (Lipinski definition) is 2. The van der Waals surface area contributed by atoms with Crippen molar-refractivity contribution in [1.29, 1.82) is 0 Å². The molecule has 0 radical (unpaired) electrons. The molecule has 0 aromatic heterocycles. The first-order chi connectivity index (χ1) is 6.81. The topological polar surface area (TPSA) is 21.3 Å². The Morgan fingerprint density at radius 3 is 3.00 bits per heavy atom. The van der Waals surface area contributed by atoms with Crippen LogP contribution in [0.5, 0.6) is 0 Å². The number of anilines is 1. The Bertz CT molecular complexity index is 311. The lowest BCUT2D eigenvalue weighted by Crippen LogP contribution is -2.26. The van der Waals surface area contributed by atoms with Gasteiger partial charge >= 0.3 is 0 Å². The van der Waals surface area contributed by atoms with Crippen LogP contribution < -0.4 is 5.32 Å². The van der Waals surface area contributed by atoms with E-state index >= 15 is 0 Å². The van der Waals surface area contributed by atoms with Crippen molar-refractivity contribution in [3.8, 4) is 0 Å². The molecule has 1 heterocycles. The van der Waals surface area contributed by atoms with E-state index in [1.165, 1.54) is 11.3 Å². The standard InChI is InChI=1S/C12H17NO/c1-3-14-12-8-9(2)13-11-7-5-4-6-10(11)12/h4-7,9,12-13H,3,8H2,1-2H3/t9-,12+/m1/s1. The highest BCUT2D eigenvalue weighted by Gasteiger charge is 2.23. The van der Waals surface area contributed by atoms with Crippen LogP contribution in [0.15, 0.2) is 24.3 Å². The fraction of sp³-hybridized carbons (Fsp3) is 0.500. The van der Waals surface area contributed by atoms with Crippen LogP contribution >= 0.6 is 0 Å². The van der Waals surface area contributed by atoms with Gasteiger partial charge in [-0.1, -0.05) is 18.2 Å². The molecule has 1 aromatic carbocycles. The maximum atomic E-state index is 5.74. The molecule has 1 aromatic rings. The molecule has 14 heavy (non-hydrogen) atoms. The zero-order valence-corrected chi connectivity index (χ0v) is 8.79. The smallest absolute Gasteiger partial charge is 0.0864 e. The molecule has 76 valence electrons. The average molecular weight is 191 g/mol. The molecular weight excluding hydrogens is 174 g/mol. The molecule has 0 saturated heterocycles. The summed E-state index contributed by atoms with van der Waals surface area (Å²) >= 11 is 0. The Balaban J connectivity index is 2.28. The minimum atomic E-state index is 0.271. The highest BCUT2D eigenvalue weighted by molar-refractivity contribution is 5.54. The Hall–Kier alpha value is -1.02. The van der Waals surface area contributed by atoms with Gasteiger partial charge in [0.2, 0.25) is 0 Å². The van der Waals surface area contributed by atoms with Crippen molar-refractivity contribution in [2.75, 3.05) is 11.9 Å². The number of rotatable bonds is 2. The van der Waals surface area contributed by atoms with Gasteiger partial charge in [-0.05, 0) is 26.3 Å². The molecule has 0 saturated carbocycles. The minimum absolute atomic E-state index is 0.271. The van der Waals surface area contributed by atoms with Crippen LogP contribution in [0.1, 0.15) is 31.9 Å². The number of ether oxygens (including phenoxy) is 1. The fourth-order valence-electron chi connectivity index (χ4n) is 2.04. The Morgan fingerprint density at radius 1 is 1.43 bits per heavy atom. The molecular formula is C12H17NO. The summed E-state index contributed by atoms with van der Waals surface area (Å²) in [6.45, 7) is 5.03. The third-order valence-electron chi connectivity index (χ3n) is 2.65. The maximum Gasteiger partial charge on any atom is 0.0864 e. The highest BCUT2D eigenvalue weighted by atomic mass is 16.5. The number of hydrogen-bond donors (Lipinski definition) is 1. The minimum Gasteiger partial charge on any atom is -0.382 e. The summed E-state index contributed by atoms with van der Waals surface area (Å²) in [5.74, 6) is 0. The van der Waals surface area contributed by atoms with Gasteiger partial charge in [0, 0.05) is 23.9 Å². The predicted molar refractivity (Wildman–Crippen MR) is 58.5 cm³/mol. The lowest BCUT2D eigenvalue weighted by molar-refractivity contribution is 0.0512. The Morgan fingerprint density at radius 2 is 2.21 bits per heavy atom. The van der Waals surface area contributed by atoms with E-state index in [-0.39, 0.29) is 6.10 Å². The zero-order valence-electron chi connectivity index (χ0n) is 8.79. The van der Waals surface area contributed by atoms with Crippen molar-refractivity contribution in [1.82, 2.24) is 0 Å². The largest absolute Gasteiger partial charge is 0.382 e. The van der Waals surface area contributed by atoms with Gasteiger partial charge in [0.15, 0.2) is 0 Å². The van der Waals surface area contributed by atoms with E-state index < -0.39 is 0 Å². The Labute approximate surface area is 85.3 Å². The van der Waals surface area contributed by atoms with Crippen molar-refractivity contribution in [2.45, 2.75) is 32.4 Å². The first-order valence-corrected chi connectivity index (χ1v) is 5.28. The monoisotopic (exact) mass is 191 g/mol. The quantitative estimate of drug-likeness (QED) is 0.776. The molecule has 0 unspecified atom stereocenters. The first-order valence-electron chi connectivity index (χ1n) is 5.28. The number of para-hydroxylation sites is 1. The molecule has 2 nitrogen and oxygen atoms in total. The number of nitrogens with one attached hydrogen (secondary N) is 1. The molecule has 1 N–H and O–H groups in total. The molecule has 0 fully saturated rings. The van der Waals surface area contributed by atoms with Gasteiger partial charge in [-0.15, -0.1) is 0 Å². The van der Waals surface area contributed by atoms with Crippen LogP contribution in [-0.4, -0.2) is 12.6 Å². The summed E-state index contributed by atoms with van der Waals surface area (Å²) in [5.41, 5.74) is 2.53. The number of benzene rings is 1. The van der Waals surface area contributed by atoms with E-state index in [0.29, 0.717) is 6.04 Å². The molecule has 1 aliphatic heterocycles. The molecule has 0 spiro atoms. The molecule has 1 aliphatic rings. The van der Waals surface area contributed by atoms with Crippen molar-refractivity contribution >= 4 is 5.69 Å². The van der Waals surface area contributed by atoms with Crippen molar-refractivity contribution < 1.29 is 4.74 Å². The first kappa shape index (κ1) is 9.53. The zero-order chi connectivity index (χ0) is 9.97. The van der Waals surface area contributed by atoms with Crippen LogP contribution in [-0.2, 0) is 4.74 Å². The molecule has 2 atom stereocenters. The molecule has 0 amide bonds. The van der Waals surface area contributed by atoms with E-state index in [1.54, 1.807) is 0 Å². The van der Waals surface area contributed by atoms with Crippen LogP contribution in [0.4, 0.5) is 5.69 Å². The van der Waals surface area contributed by atoms with Gasteiger partial charge in [-0.3, -0.25) is 0 Å². The van der Waals surface area contributed by atoms with E-state index in [1.807, 2.05) is 0 Å². The second kappa shape index (κ2) is 4.01. The highest BCUT2D eigenvalue weighted by Crippen LogP contribution is 2.34. The summed E-state index contributed by atoms with van der Waals surface area (Å²) in [4.78, 5) is 0. The van der Waals surface area contributed by atoms with Crippen LogP contribution in [0, 0.1) is 0 Å². The lowest BCUT2D eigenvalue weighted by atomic mass is 9.96. The van der Waals surface area contributed by atoms with E-state index in [9.17, 15) is 0 Å². The Kier molecular flexibility index (Phi) is 2.73. The molecule has 2 heteroatoms. The maximum absolute atomic E-state index is 5.74. The van der Waals surface area contributed by atoms with Crippen molar-refractivity contribution in [3.63, 3.8) is 0 Å². The van der Waals surface area contributed by atoms with Gasteiger partial charge in [0.05, 0.1) is 6.10 Å². The van der Waals surface area contributed by atoms with Crippen molar-refractivity contribution in [3.05, 3.63) is 29.8 Å². The number of fused-ring (bicyclic) bond motifs is 1. The van der Waals surface area contributed by atoms with Crippen LogP contribution in [0.25, 0.3) is 0 Å². The van der Waals surface area contributed by atoms with E-state index in [4.69, 9.17) is 4.74 Å². The van der Waals surface area contributed by atoms with Crippen molar-refractivity contribution in [2.24, 2.45) is 0 Å². The third-order valence-corrected chi connectivity index (χ3v) is 2.65. The van der Waals surface area contributed by atoms with Crippen LogP contribution in [0.2, 0.25) is 0 Å². The predicted octanol–water partition coefficient (Wildman–Crippen LogP) is 2.97. The van der Waals surface area contributed by atoms with Gasteiger partial charge in [-0.2, -0.15) is 0 Å². The summed E-state index contributed by atoms with van der Waals surface area (Å²) < 4.78 is 5.74. The second-order valence-corrected chi connectivity index (χ2v) is 3.81. The third kappa shape index (κ3) is 1.75. The summed E-state index contributed by atoms with van der Waals surface area (Å²) in [5, 5.41) is 3.47. The van der Waals surface area contributed by atoms with Gasteiger partial charge < -0.3 is 10.1 Å². The molecule has 0 bridgehead atoms.